The van der Waals surface area contributed by atoms with Crippen molar-refractivity contribution in [3.05, 3.63) is 65.7 Å². The molecule has 138 valence electrons. The van der Waals surface area contributed by atoms with Gasteiger partial charge in [0.2, 0.25) is 6.79 Å². The summed E-state index contributed by atoms with van der Waals surface area (Å²) < 4.78 is 11.1. The number of nitrogens with zero attached hydrogens (tertiary/aromatic N) is 1. The van der Waals surface area contributed by atoms with Crippen LogP contribution in [0.1, 0.15) is 24.5 Å². The minimum absolute atomic E-state index is 0.297. The molecule has 0 saturated heterocycles. The van der Waals surface area contributed by atoms with Gasteiger partial charge in [0.25, 0.3) is 0 Å². The van der Waals surface area contributed by atoms with E-state index in [0.717, 1.165) is 41.1 Å². The zero-order chi connectivity index (χ0) is 18.7. The molecule has 0 N–H and O–H groups in total. The van der Waals surface area contributed by atoms with Crippen LogP contribution in [0.2, 0.25) is 0 Å². The number of ether oxygens (including phenoxy) is 2. The number of hydrogen-bond acceptors (Lipinski definition) is 3. The van der Waals surface area contributed by atoms with Gasteiger partial charge in [0.15, 0.2) is 11.5 Å². The normalized spacial score (nSPS) is 17.8. The molecule has 0 unspecified atom stereocenters. The number of fused-ring (bicyclic) bond motifs is 6. The number of aromatic nitrogens is 1. The third-order valence-corrected chi connectivity index (χ3v) is 6.18. The average Bonchev–Trinajstić information content (AvgIpc) is 3.20. The second-order valence-corrected chi connectivity index (χ2v) is 8.01. The van der Waals surface area contributed by atoms with Crippen LogP contribution in [0.25, 0.3) is 32.9 Å². The molecule has 0 bridgehead atoms. The number of aryl methyl sites for hydroxylation is 1. The second kappa shape index (κ2) is 5.96. The van der Waals surface area contributed by atoms with Crippen LogP contribution in [-0.4, -0.2) is 11.8 Å². The summed E-state index contributed by atoms with van der Waals surface area (Å²) in [5.41, 5.74) is 6.18. The predicted octanol–water partition coefficient (Wildman–Crippen LogP) is 5.91. The maximum Gasteiger partial charge on any atom is 0.231 e. The lowest BCUT2D eigenvalue weighted by molar-refractivity contribution is 0.174. The molecule has 0 spiro atoms. The third-order valence-electron chi connectivity index (χ3n) is 6.18. The Balaban J connectivity index is 1.68. The zero-order valence-electron chi connectivity index (χ0n) is 15.9. The van der Waals surface area contributed by atoms with Gasteiger partial charge in [-0.3, -0.25) is 0 Å². The van der Waals surface area contributed by atoms with Gasteiger partial charge in [-0.1, -0.05) is 37.3 Å². The molecular formula is C25H21NO2. The smallest absolute Gasteiger partial charge is 0.231 e. The average molecular weight is 367 g/mol. The number of hydrogen-bond donors (Lipinski definition) is 0. The van der Waals surface area contributed by atoms with Gasteiger partial charge in [-0.15, -0.1) is 0 Å². The Morgan fingerprint density at radius 2 is 1.82 bits per heavy atom. The van der Waals surface area contributed by atoms with Gasteiger partial charge < -0.3 is 9.47 Å². The van der Waals surface area contributed by atoms with E-state index >= 15 is 0 Å². The Bertz CT molecular complexity index is 1240. The molecule has 3 heteroatoms. The molecule has 1 aromatic heterocycles. The van der Waals surface area contributed by atoms with Crippen LogP contribution in [0.3, 0.4) is 0 Å². The van der Waals surface area contributed by atoms with E-state index in [-0.39, 0.29) is 0 Å². The lowest BCUT2D eigenvalue weighted by atomic mass is 9.80. The Labute approximate surface area is 163 Å². The largest absolute Gasteiger partial charge is 0.454 e. The first-order valence-corrected chi connectivity index (χ1v) is 10.0. The van der Waals surface area contributed by atoms with Crippen LogP contribution < -0.4 is 9.47 Å². The fourth-order valence-electron chi connectivity index (χ4n) is 4.77. The van der Waals surface area contributed by atoms with E-state index in [2.05, 4.69) is 55.5 Å². The highest BCUT2D eigenvalue weighted by Crippen LogP contribution is 2.42. The van der Waals surface area contributed by atoms with E-state index in [1.807, 2.05) is 6.07 Å². The number of rotatable bonds is 1. The van der Waals surface area contributed by atoms with Crippen LogP contribution in [0.15, 0.2) is 54.6 Å². The Kier molecular flexibility index (Phi) is 3.39. The summed E-state index contributed by atoms with van der Waals surface area (Å²) in [6.07, 6.45) is 3.42. The van der Waals surface area contributed by atoms with Gasteiger partial charge >= 0.3 is 0 Å². The third kappa shape index (κ3) is 2.32. The molecular weight excluding hydrogens is 346 g/mol. The number of benzene rings is 3. The van der Waals surface area contributed by atoms with E-state index in [4.69, 9.17) is 14.5 Å². The molecule has 4 aromatic rings. The Morgan fingerprint density at radius 1 is 0.929 bits per heavy atom. The van der Waals surface area contributed by atoms with Crippen molar-refractivity contribution in [1.82, 2.24) is 4.98 Å². The van der Waals surface area contributed by atoms with Crippen molar-refractivity contribution in [2.45, 2.75) is 26.2 Å². The highest BCUT2D eigenvalue weighted by molar-refractivity contribution is 6.09. The summed E-state index contributed by atoms with van der Waals surface area (Å²) in [5.74, 6) is 2.31. The quantitative estimate of drug-likeness (QED) is 0.392. The fraction of sp³-hybridized carbons (Fsp3) is 0.240. The summed E-state index contributed by atoms with van der Waals surface area (Å²) in [7, 11) is 0. The maximum absolute atomic E-state index is 5.62. The van der Waals surface area contributed by atoms with E-state index in [1.165, 1.54) is 33.7 Å². The first kappa shape index (κ1) is 15.9. The van der Waals surface area contributed by atoms with E-state index in [9.17, 15) is 0 Å². The van der Waals surface area contributed by atoms with Gasteiger partial charge in [0.05, 0.1) is 11.2 Å². The molecule has 0 amide bonds. The maximum atomic E-state index is 5.62. The van der Waals surface area contributed by atoms with E-state index < -0.39 is 0 Å². The monoisotopic (exact) mass is 367 g/mol. The van der Waals surface area contributed by atoms with Crippen molar-refractivity contribution in [2.75, 3.05) is 6.79 Å². The van der Waals surface area contributed by atoms with E-state index in [1.54, 1.807) is 0 Å². The van der Waals surface area contributed by atoms with Crippen molar-refractivity contribution in [3.8, 4) is 22.8 Å². The molecule has 2 aliphatic rings. The highest BCUT2D eigenvalue weighted by Gasteiger charge is 2.25. The minimum atomic E-state index is 0.297. The Morgan fingerprint density at radius 3 is 2.79 bits per heavy atom. The van der Waals surface area contributed by atoms with Crippen LogP contribution in [0.5, 0.6) is 11.5 Å². The van der Waals surface area contributed by atoms with Crippen LogP contribution in [0.4, 0.5) is 0 Å². The molecule has 28 heavy (non-hydrogen) atoms. The van der Waals surface area contributed by atoms with Gasteiger partial charge in [-0.05, 0) is 71.3 Å². The van der Waals surface area contributed by atoms with Crippen molar-refractivity contribution >= 4 is 21.7 Å². The SMILES string of the molecule is C[C@@H]1CCc2c(c(-c3ccc4c(c3)OCO4)nc3ccc4ccccc4c23)C1. The summed E-state index contributed by atoms with van der Waals surface area (Å²) in [4.78, 5) is 5.17. The standard InChI is InChI=1S/C25H21NO2/c1-15-6-9-19-20(12-15)25(17-8-11-22-23(13-17)28-14-27-22)26-21-10-7-16-4-2-3-5-18(16)24(19)21/h2-5,7-8,10-11,13,15H,6,9,12,14H2,1H3/t15-/m1/s1. The molecule has 0 saturated carbocycles. The highest BCUT2D eigenvalue weighted by atomic mass is 16.7. The molecule has 2 heterocycles. The molecule has 0 fully saturated rings. The van der Waals surface area contributed by atoms with Crippen molar-refractivity contribution in [2.24, 2.45) is 5.92 Å². The molecule has 0 radical (unpaired) electrons. The first-order chi connectivity index (χ1) is 13.8. The number of pyridine rings is 1. The minimum Gasteiger partial charge on any atom is -0.454 e. The van der Waals surface area contributed by atoms with Gasteiger partial charge in [0.1, 0.15) is 0 Å². The zero-order valence-corrected chi connectivity index (χ0v) is 15.9. The molecule has 3 nitrogen and oxygen atoms in total. The Hall–Kier alpha value is -3.07. The van der Waals surface area contributed by atoms with Gasteiger partial charge in [-0.25, -0.2) is 4.98 Å². The topological polar surface area (TPSA) is 31.4 Å². The van der Waals surface area contributed by atoms with Crippen LogP contribution >= 0.6 is 0 Å². The molecule has 1 atom stereocenters. The molecule has 3 aromatic carbocycles. The first-order valence-electron chi connectivity index (χ1n) is 10.0. The summed E-state index contributed by atoms with van der Waals surface area (Å²) in [5, 5.41) is 3.94. The van der Waals surface area contributed by atoms with Crippen molar-refractivity contribution < 1.29 is 9.47 Å². The lowest BCUT2D eigenvalue weighted by Gasteiger charge is -2.26. The van der Waals surface area contributed by atoms with Crippen molar-refractivity contribution in [3.63, 3.8) is 0 Å². The van der Waals surface area contributed by atoms with Crippen LogP contribution in [0, 0.1) is 5.92 Å². The molecule has 1 aliphatic carbocycles. The van der Waals surface area contributed by atoms with Gasteiger partial charge in [-0.2, -0.15) is 0 Å². The van der Waals surface area contributed by atoms with Gasteiger partial charge in [0, 0.05) is 10.9 Å². The van der Waals surface area contributed by atoms with Crippen molar-refractivity contribution in [1.29, 1.82) is 0 Å². The second-order valence-electron chi connectivity index (χ2n) is 8.01. The molecule has 1 aliphatic heterocycles. The summed E-state index contributed by atoms with van der Waals surface area (Å²) in [6.45, 7) is 2.64. The summed E-state index contributed by atoms with van der Waals surface area (Å²) >= 11 is 0. The van der Waals surface area contributed by atoms with Crippen LogP contribution in [-0.2, 0) is 12.8 Å². The fourth-order valence-corrected chi connectivity index (χ4v) is 4.77. The predicted molar refractivity (Wildman–Crippen MR) is 112 cm³/mol. The van der Waals surface area contributed by atoms with E-state index in [0.29, 0.717) is 12.7 Å². The lowest BCUT2D eigenvalue weighted by Crippen LogP contribution is -2.14. The molecule has 6 rings (SSSR count). The summed E-state index contributed by atoms with van der Waals surface area (Å²) in [6, 6.07) is 19.2.